The number of morpholine rings is 1. The topological polar surface area (TPSA) is 91.0 Å². The summed E-state index contributed by atoms with van der Waals surface area (Å²) in [6.45, 7) is 3.68. The Bertz CT molecular complexity index is 738. The van der Waals surface area contributed by atoms with E-state index in [1.165, 1.54) is 4.31 Å². The molecule has 158 valence electrons. The van der Waals surface area contributed by atoms with Crippen molar-refractivity contribution in [1.29, 1.82) is 0 Å². The monoisotopic (exact) mass is 432 g/mol. The summed E-state index contributed by atoms with van der Waals surface area (Å²) < 4.78 is 31.9. The van der Waals surface area contributed by atoms with Crippen LogP contribution in [0.5, 0.6) is 0 Å². The van der Waals surface area contributed by atoms with E-state index in [0.29, 0.717) is 44.6 Å². The number of piperidine rings is 1. The Morgan fingerprint density at radius 1 is 1.18 bits per heavy atom. The number of amides is 1. The second kappa shape index (κ2) is 10.5. The van der Waals surface area contributed by atoms with E-state index in [2.05, 4.69) is 15.5 Å². The third kappa shape index (κ3) is 5.88. The number of halogens is 1. The standard InChI is InChI=1S/C18H28N4O4S.ClH/c1-19-16-3-2-8-21(13-16)14-18(23)20-15-4-6-17(7-5-15)27(24,25)22-9-11-26-12-10-22;/h4-7,16,19H,2-3,8-14H2,1H3,(H,20,23);1H. The van der Waals surface area contributed by atoms with Crippen LogP contribution in [-0.4, -0.2) is 82.6 Å². The highest BCUT2D eigenvalue weighted by atomic mass is 35.5. The molecule has 2 N–H and O–H groups in total. The molecule has 0 bridgehead atoms. The predicted molar refractivity (Wildman–Crippen MR) is 110 cm³/mol. The molecule has 0 aliphatic carbocycles. The predicted octanol–water partition coefficient (Wildman–Crippen LogP) is 0.752. The molecular weight excluding hydrogens is 404 g/mol. The largest absolute Gasteiger partial charge is 0.379 e. The van der Waals surface area contributed by atoms with Crippen LogP contribution >= 0.6 is 12.4 Å². The molecule has 1 unspecified atom stereocenters. The van der Waals surface area contributed by atoms with Gasteiger partial charge in [-0.15, -0.1) is 12.4 Å². The molecule has 2 heterocycles. The van der Waals surface area contributed by atoms with E-state index in [-0.39, 0.29) is 23.2 Å². The number of likely N-dealkylation sites (tertiary alicyclic amines) is 1. The van der Waals surface area contributed by atoms with Gasteiger partial charge in [0.1, 0.15) is 0 Å². The maximum Gasteiger partial charge on any atom is 0.243 e. The maximum atomic E-state index is 12.6. The average molecular weight is 433 g/mol. The number of hydrogen-bond donors (Lipinski definition) is 2. The van der Waals surface area contributed by atoms with Gasteiger partial charge in [-0.25, -0.2) is 8.42 Å². The Morgan fingerprint density at radius 2 is 1.86 bits per heavy atom. The number of nitrogens with zero attached hydrogens (tertiary/aromatic N) is 2. The van der Waals surface area contributed by atoms with Gasteiger partial charge in [0, 0.05) is 31.4 Å². The van der Waals surface area contributed by atoms with E-state index < -0.39 is 10.0 Å². The molecular formula is C18H29ClN4O4S. The van der Waals surface area contributed by atoms with Crippen molar-refractivity contribution in [3.63, 3.8) is 0 Å². The first-order valence-corrected chi connectivity index (χ1v) is 10.8. The van der Waals surface area contributed by atoms with Crippen molar-refractivity contribution in [2.24, 2.45) is 0 Å². The summed E-state index contributed by atoms with van der Waals surface area (Å²) in [5.41, 5.74) is 0.600. The zero-order valence-corrected chi connectivity index (χ0v) is 17.7. The minimum absolute atomic E-state index is 0. The van der Waals surface area contributed by atoms with Gasteiger partial charge in [0.15, 0.2) is 0 Å². The Balaban J connectivity index is 0.00000280. The first-order valence-electron chi connectivity index (χ1n) is 9.36. The molecule has 2 aliphatic heterocycles. The molecule has 0 aromatic heterocycles. The van der Waals surface area contributed by atoms with Crippen LogP contribution in [-0.2, 0) is 19.6 Å². The van der Waals surface area contributed by atoms with Crippen molar-refractivity contribution in [2.45, 2.75) is 23.8 Å². The average Bonchev–Trinajstić information content (AvgIpc) is 2.69. The van der Waals surface area contributed by atoms with E-state index in [1.54, 1.807) is 24.3 Å². The minimum Gasteiger partial charge on any atom is -0.379 e. The zero-order chi connectivity index (χ0) is 19.3. The number of sulfonamides is 1. The fourth-order valence-electron chi connectivity index (χ4n) is 3.48. The Hall–Kier alpha value is -1.23. The van der Waals surface area contributed by atoms with E-state index in [4.69, 9.17) is 4.74 Å². The highest BCUT2D eigenvalue weighted by molar-refractivity contribution is 7.89. The molecule has 1 amide bonds. The fourth-order valence-corrected chi connectivity index (χ4v) is 4.89. The minimum atomic E-state index is -3.51. The molecule has 2 aliphatic rings. The van der Waals surface area contributed by atoms with E-state index >= 15 is 0 Å². The summed E-state index contributed by atoms with van der Waals surface area (Å²) in [6.07, 6.45) is 2.21. The van der Waals surface area contributed by atoms with Gasteiger partial charge in [0.25, 0.3) is 0 Å². The van der Waals surface area contributed by atoms with Gasteiger partial charge < -0.3 is 15.4 Å². The van der Waals surface area contributed by atoms with Gasteiger partial charge in [-0.3, -0.25) is 9.69 Å². The van der Waals surface area contributed by atoms with Crippen LogP contribution in [0.25, 0.3) is 0 Å². The van der Waals surface area contributed by atoms with Crippen molar-refractivity contribution in [3.8, 4) is 0 Å². The molecule has 8 nitrogen and oxygen atoms in total. The smallest absolute Gasteiger partial charge is 0.243 e. The van der Waals surface area contributed by atoms with Crippen LogP contribution < -0.4 is 10.6 Å². The quantitative estimate of drug-likeness (QED) is 0.689. The first kappa shape index (κ1) is 23.1. The van der Waals surface area contributed by atoms with Crippen molar-refractivity contribution in [1.82, 2.24) is 14.5 Å². The zero-order valence-electron chi connectivity index (χ0n) is 16.1. The summed E-state index contributed by atoms with van der Waals surface area (Å²) in [5.74, 6) is -0.0875. The van der Waals surface area contributed by atoms with Crippen molar-refractivity contribution >= 4 is 34.0 Å². The number of carbonyl (C=O) groups excluding carboxylic acids is 1. The second-order valence-corrected chi connectivity index (χ2v) is 8.89. The summed E-state index contributed by atoms with van der Waals surface area (Å²) in [5, 5.41) is 6.11. The number of carbonyl (C=O) groups is 1. The molecule has 2 fully saturated rings. The molecule has 1 atom stereocenters. The van der Waals surface area contributed by atoms with Crippen molar-refractivity contribution < 1.29 is 17.9 Å². The summed E-state index contributed by atoms with van der Waals surface area (Å²) in [4.78, 5) is 14.7. The van der Waals surface area contributed by atoms with E-state index in [9.17, 15) is 13.2 Å². The van der Waals surface area contributed by atoms with Gasteiger partial charge >= 0.3 is 0 Å². The molecule has 1 aromatic carbocycles. The number of rotatable bonds is 6. The lowest BCUT2D eigenvalue weighted by Crippen LogP contribution is -2.46. The number of benzene rings is 1. The summed E-state index contributed by atoms with van der Waals surface area (Å²) >= 11 is 0. The molecule has 3 rings (SSSR count). The number of anilines is 1. The summed E-state index contributed by atoms with van der Waals surface area (Å²) in [6, 6.07) is 6.78. The third-order valence-corrected chi connectivity index (χ3v) is 6.94. The lowest BCUT2D eigenvalue weighted by atomic mass is 10.1. The SMILES string of the molecule is CNC1CCCN(CC(=O)Nc2ccc(S(=O)(=O)N3CCOCC3)cc2)C1.Cl. The number of ether oxygens (including phenoxy) is 1. The normalized spacial score (nSPS) is 21.7. The number of hydrogen-bond acceptors (Lipinski definition) is 6. The Kier molecular flexibility index (Phi) is 8.66. The van der Waals surface area contributed by atoms with E-state index in [1.807, 2.05) is 7.05 Å². The highest BCUT2D eigenvalue weighted by Gasteiger charge is 2.26. The lowest BCUT2D eigenvalue weighted by molar-refractivity contribution is -0.117. The van der Waals surface area contributed by atoms with Gasteiger partial charge in [0.2, 0.25) is 15.9 Å². The van der Waals surface area contributed by atoms with Crippen LogP contribution in [0.4, 0.5) is 5.69 Å². The van der Waals surface area contributed by atoms with Crippen LogP contribution in [0.3, 0.4) is 0 Å². The molecule has 2 saturated heterocycles. The molecule has 0 radical (unpaired) electrons. The number of nitrogens with one attached hydrogen (secondary N) is 2. The number of likely N-dealkylation sites (N-methyl/N-ethyl adjacent to an activating group) is 1. The van der Waals surface area contributed by atoms with Crippen LogP contribution in [0.2, 0.25) is 0 Å². The lowest BCUT2D eigenvalue weighted by Gasteiger charge is -2.31. The van der Waals surface area contributed by atoms with Gasteiger partial charge in [-0.1, -0.05) is 0 Å². The highest BCUT2D eigenvalue weighted by Crippen LogP contribution is 2.19. The van der Waals surface area contributed by atoms with Gasteiger partial charge in [-0.05, 0) is 50.7 Å². The molecule has 10 heteroatoms. The Labute approximate surface area is 173 Å². The van der Waals surface area contributed by atoms with Crippen LogP contribution in [0, 0.1) is 0 Å². The van der Waals surface area contributed by atoms with Gasteiger partial charge in [0.05, 0.1) is 24.7 Å². The molecule has 28 heavy (non-hydrogen) atoms. The van der Waals surface area contributed by atoms with Crippen molar-refractivity contribution in [3.05, 3.63) is 24.3 Å². The Morgan fingerprint density at radius 3 is 2.50 bits per heavy atom. The third-order valence-electron chi connectivity index (χ3n) is 5.03. The second-order valence-electron chi connectivity index (χ2n) is 6.95. The van der Waals surface area contributed by atoms with Crippen molar-refractivity contribution in [2.75, 3.05) is 58.3 Å². The van der Waals surface area contributed by atoms with Gasteiger partial charge in [-0.2, -0.15) is 4.31 Å². The molecule has 0 saturated carbocycles. The van der Waals surface area contributed by atoms with Crippen LogP contribution in [0.15, 0.2) is 29.2 Å². The fraction of sp³-hybridized carbons (Fsp3) is 0.611. The van der Waals surface area contributed by atoms with E-state index in [0.717, 1.165) is 25.9 Å². The first-order chi connectivity index (χ1) is 13.0. The summed E-state index contributed by atoms with van der Waals surface area (Å²) in [7, 11) is -1.57. The molecule has 1 aromatic rings. The molecule has 0 spiro atoms. The van der Waals surface area contributed by atoms with Crippen LogP contribution in [0.1, 0.15) is 12.8 Å². The maximum absolute atomic E-state index is 12.6.